The zero-order valence-corrected chi connectivity index (χ0v) is 13.0. The van der Waals surface area contributed by atoms with Gasteiger partial charge in [-0.05, 0) is 37.1 Å². The van der Waals surface area contributed by atoms with Crippen LogP contribution in [0.15, 0.2) is 30.3 Å². The third-order valence-electron chi connectivity index (χ3n) is 3.13. The van der Waals surface area contributed by atoms with Crippen LogP contribution in [0.4, 0.5) is 11.5 Å². The Morgan fingerprint density at radius 2 is 1.95 bits per heavy atom. The van der Waals surface area contributed by atoms with Crippen molar-refractivity contribution in [1.82, 2.24) is 4.98 Å². The summed E-state index contributed by atoms with van der Waals surface area (Å²) in [5, 5.41) is 14.9. The molecule has 0 saturated carbocycles. The van der Waals surface area contributed by atoms with E-state index in [0.717, 1.165) is 16.8 Å². The summed E-state index contributed by atoms with van der Waals surface area (Å²) in [5.74, 6) is 0.241. The number of hydrogen-bond donors (Lipinski definition) is 2. The van der Waals surface area contributed by atoms with Gasteiger partial charge in [-0.15, -0.1) is 0 Å². The van der Waals surface area contributed by atoms with Crippen molar-refractivity contribution in [2.45, 2.75) is 13.8 Å². The fourth-order valence-corrected chi connectivity index (χ4v) is 2.13. The second-order valence-corrected chi connectivity index (χ2v) is 5.21. The topological polar surface area (TPSA) is 77.8 Å². The van der Waals surface area contributed by atoms with Gasteiger partial charge in [-0.3, -0.25) is 4.79 Å². The van der Waals surface area contributed by atoms with Crippen molar-refractivity contribution in [1.29, 1.82) is 5.26 Å². The zero-order valence-electron chi connectivity index (χ0n) is 12.3. The van der Waals surface area contributed by atoms with Gasteiger partial charge in [-0.1, -0.05) is 29.8 Å². The standard InChI is InChI=1S/C16H15ClN4O/c1-10-4-3-5-11(2)16(10)21-15(22)9-19-14-7-6-12(17)13(8-18)20-14/h3-7H,9H2,1-2H3,(H,19,20)(H,21,22). The number of aromatic nitrogens is 1. The van der Waals surface area contributed by atoms with Crippen LogP contribution in [0.3, 0.4) is 0 Å². The van der Waals surface area contributed by atoms with E-state index in [4.69, 9.17) is 16.9 Å². The minimum atomic E-state index is -0.187. The van der Waals surface area contributed by atoms with E-state index < -0.39 is 0 Å². The van der Waals surface area contributed by atoms with Crippen molar-refractivity contribution in [3.05, 3.63) is 52.2 Å². The monoisotopic (exact) mass is 314 g/mol. The van der Waals surface area contributed by atoms with Crippen LogP contribution in [-0.4, -0.2) is 17.4 Å². The summed E-state index contributed by atoms with van der Waals surface area (Å²) in [6.45, 7) is 3.93. The number of carbonyl (C=O) groups excluding carboxylic acids is 1. The summed E-state index contributed by atoms with van der Waals surface area (Å²) in [4.78, 5) is 16.0. The van der Waals surface area contributed by atoms with E-state index in [1.165, 1.54) is 0 Å². The number of nitriles is 1. The highest BCUT2D eigenvalue weighted by Gasteiger charge is 2.08. The Morgan fingerprint density at radius 1 is 1.27 bits per heavy atom. The molecule has 2 aromatic rings. The molecule has 0 saturated heterocycles. The van der Waals surface area contributed by atoms with E-state index in [9.17, 15) is 4.79 Å². The zero-order chi connectivity index (χ0) is 16.1. The van der Waals surface area contributed by atoms with Gasteiger partial charge in [0.25, 0.3) is 0 Å². The third-order valence-corrected chi connectivity index (χ3v) is 3.43. The average molecular weight is 315 g/mol. The molecule has 0 fully saturated rings. The van der Waals surface area contributed by atoms with Crippen LogP contribution in [0.5, 0.6) is 0 Å². The molecule has 0 unspecified atom stereocenters. The second-order valence-electron chi connectivity index (χ2n) is 4.81. The molecule has 0 atom stereocenters. The molecule has 112 valence electrons. The van der Waals surface area contributed by atoms with E-state index in [1.54, 1.807) is 12.1 Å². The number of benzene rings is 1. The molecule has 2 N–H and O–H groups in total. The molecule has 5 nitrogen and oxygen atoms in total. The molecular formula is C16H15ClN4O. The number of halogens is 1. The lowest BCUT2D eigenvalue weighted by Crippen LogP contribution is -2.23. The number of para-hydroxylation sites is 1. The van der Waals surface area contributed by atoms with Crippen molar-refractivity contribution >= 4 is 29.0 Å². The summed E-state index contributed by atoms with van der Waals surface area (Å²) in [5.41, 5.74) is 2.95. The maximum atomic E-state index is 12.0. The quantitative estimate of drug-likeness (QED) is 0.908. The number of amides is 1. The number of pyridine rings is 1. The minimum Gasteiger partial charge on any atom is -0.361 e. The predicted octanol–water partition coefficient (Wildman–Crippen LogP) is 3.27. The lowest BCUT2D eigenvalue weighted by Gasteiger charge is -2.12. The first kappa shape index (κ1) is 15.8. The van der Waals surface area contributed by atoms with Gasteiger partial charge in [0.1, 0.15) is 11.9 Å². The van der Waals surface area contributed by atoms with Crippen molar-refractivity contribution in [2.75, 3.05) is 17.2 Å². The Balaban J connectivity index is 2.00. The number of rotatable bonds is 4. The van der Waals surface area contributed by atoms with Crippen LogP contribution in [-0.2, 0) is 4.79 Å². The summed E-state index contributed by atoms with van der Waals surface area (Å²) in [6, 6.07) is 10.9. The van der Waals surface area contributed by atoms with Gasteiger partial charge < -0.3 is 10.6 Å². The molecule has 0 aliphatic rings. The highest BCUT2D eigenvalue weighted by Crippen LogP contribution is 2.19. The molecule has 22 heavy (non-hydrogen) atoms. The molecule has 1 aromatic heterocycles. The first-order chi connectivity index (χ1) is 10.5. The molecule has 1 heterocycles. The lowest BCUT2D eigenvalue weighted by atomic mass is 10.1. The van der Waals surface area contributed by atoms with Crippen LogP contribution in [0, 0.1) is 25.2 Å². The van der Waals surface area contributed by atoms with Gasteiger partial charge in [0.15, 0.2) is 5.69 Å². The van der Waals surface area contributed by atoms with E-state index in [2.05, 4.69) is 15.6 Å². The van der Waals surface area contributed by atoms with Gasteiger partial charge in [-0.2, -0.15) is 5.26 Å². The van der Waals surface area contributed by atoms with E-state index in [1.807, 2.05) is 38.1 Å². The fourth-order valence-electron chi connectivity index (χ4n) is 1.99. The SMILES string of the molecule is Cc1cccc(C)c1NC(=O)CNc1ccc(Cl)c(C#N)n1. The maximum Gasteiger partial charge on any atom is 0.243 e. The molecule has 0 bridgehead atoms. The molecule has 2 rings (SSSR count). The van der Waals surface area contributed by atoms with Crippen molar-refractivity contribution in [3.8, 4) is 6.07 Å². The third kappa shape index (κ3) is 3.74. The number of aryl methyl sites for hydroxylation is 2. The average Bonchev–Trinajstić information content (AvgIpc) is 2.50. The molecule has 0 radical (unpaired) electrons. The van der Waals surface area contributed by atoms with Crippen molar-refractivity contribution < 1.29 is 4.79 Å². The number of anilines is 2. The van der Waals surface area contributed by atoms with Crippen LogP contribution < -0.4 is 10.6 Å². The highest BCUT2D eigenvalue weighted by atomic mass is 35.5. The number of carbonyl (C=O) groups is 1. The number of nitrogens with zero attached hydrogens (tertiary/aromatic N) is 2. The van der Waals surface area contributed by atoms with Crippen molar-refractivity contribution in [3.63, 3.8) is 0 Å². The van der Waals surface area contributed by atoms with E-state index in [0.29, 0.717) is 5.82 Å². The summed E-state index contributed by atoms with van der Waals surface area (Å²) in [7, 11) is 0. The Bertz CT molecular complexity index is 732. The molecule has 0 aliphatic carbocycles. The first-order valence-electron chi connectivity index (χ1n) is 6.68. The molecular weight excluding hydrogens is 300 g/mol. The van der Waals surface area contributed by atoms with Crippen molar-refractivity contribution in [2.24, 2.45) is 0 Å². The maximum absolute atomic E-state index is 12.0. The second kappa shape index (κ2) is 6.92. The normalized spacial score (nSPS) is 9.91. The highest BCUT2D eigenvalue weighted by molar-refractivity contribution is 6.31. The van der Waals surface area contributed by atoms with Crippen LogP contribution in [0.25, 0.3) is 0 Å². The molecule has 1 aromatic carbocycles. The summed E-state index contributed by atoms with van der Waals surface area (Å²) in [6.07, 6.45) is 0. The fraction of sp³-hybridized carbons (Fsp3) is 0.188. The largest absolute Gasteiger partial charge is 0.361 e. The van der Waals surface area contributed by atoms with Gasteiger partial charge in [0.2, 0.25) is 5.91 Å². The molecule has 0 aliphatic heterocycles. The first-order valence-corrected chi connectivity index (χ1v) is 7.05. The Hall–Kier alpha value is -2.58. The van der Waals surface area contributed by atoms with E-state index >= 15 is 0 Å². The van der Waals surface area contributed by atoms with E-state index in [-0.39, 0.29) is 23.2 Å². The lowest BCUT2D eigenvalue weighted by molar-refractivity contribution is -0.114. The number of hydrogen-bond acceptors (Lipinski definition) is 4. The van der Waals surface area contributed by atoms with Crippen LogP contribution >= 0.6 is 11.6 Å². The van der Waals surface area contributed by atoms with Gasteiger partial charge >= 0.3 is 0 Å². The van der Waals surface area contributed by atoms with Gasteiger partial charge in [0.05, 0.1) is 11.6 Å². The smallest absolute Gasteiger partial charge is 0.243 e. The van der Waals surface area contributed by atoms with Gasteiger partial charge in [-0.25, -0.2) is 4.98 Å². The Kier molecular flexibility index (Phi) is 4.97. The van der Waals surface area contributed by atoms with Crippen LogP contribution in [0.1, 0.15) is 16.8 Å². The number of nitrogens with one attached hydrogen (secondary N) is 2. The Morgan fingerprint density at radius 3 is 2.59 bits per heavy atom. The Labute approximate surface area is 133 Å². The molecule has 6 heteroatoms. The molecule has 1 amide bonds. The summed E-state index contributed by atoms with van der Waals surface area (Å²) < 4.78 is 0. The molecule has 0 spiro atoms. The van der Waals surface area contributed by atoms with Crippen LogP contribution in [0.2, 0.25) is 5.02 Å². The predicted molar refractivity (Wildman–Crippen MR) is 87.0 cm³/mol. The summed E-state index contributed by atoms with van der Waals surface area (Å²) >= 11 is 5.81. The minimum absolute atomic E-state index is 0.0489. The van der Waals surface area contributed by atoms with Gasteiger partial charge in [0, 0.05) is 5.69 Å².